The van der Waals surface area contributed by atoms with Gasteiger partial charge in [0.25, 0.3) is 0 Å². The molecule has 0 unspecified atom stereocenters. The highest BCUT2D eigenvalue weighted by molar-refractivity contribution is 7.80. The quantitative estimate of drug-likeness (QED) is 0.642. The summed E-state index contributed by atoms with van der Waals surface area (Å²) < 4.78 is 4.46. The van der Waals surface area contributed by atoms with E-state index in [-0.39, 0.29) is 0 Å². The summed E-state index contributed by atoms with van der Waals surface area (Å²) >= 11 is 12.8. The van der Waals surface area contributed by atoms with Crippen LogP contribution in [0.2, 0.25) is 5.02 Å². The first-order chi connectivity index (χ1) is 11.1. The Morgan fingerprint density at radius 2 is 1.83 bits per heavy atom. The fourth-order valence-electron chi connectivity index (χ4n) is 2.05. The standard InChI is InChI=1S/C17H14ClN3S2/c1-21(14-5-3-2-4-6-14)17(22)19-16-11-15(20-23-16)12-7-9-13(18)10-8-12/h2-11H,1H3,(H,19,22). The molecule has 23 heavy (non-hydrogen) atoms. The van der Waals surface area contributed by atoms with Crippen LogP contribution in [0.3, 0.4) is 0 Å². The molecule has 0 aliphatic carbocycles. The van der Waals surface area contributed by atoms with Gasteiger partial charge < -0.3 is 10.2 Å². The first kappa shape index (κ1) is 15.9. The second kappa shape index (κ2) is 7.08. The van der Waals surface area contributed by atoms with Gasteiger partial charge in [0.15, 0.2) is 5.11 Å². The van der Waals surface area contributed by atoms with E-state index < -0.39 is 0 Å². The molecule has 116 valence electrons. The lowest BCUT2D eigenvalue weighted by molar-refractivity contribution is 1.28. The van der Waals surface area contributed by atoms with Gasteiger partial charge in [-0.1, -0.05) is 41.9 Å². The van der Waals surface area contributed by atoms with Crippen molar-refractivity contribution in [3.63, 3.8) is 0 Å². The van der Waals surface area contributed by atoms with E-state index in [1.165, 1.54) is 11.5 Å². The number of nitrogens with one attached hydrogen (secondary N) is 1. The van der Waals surface area contributed by atoms with Gasteiger partial charge in [-0.2, -0.15) is 4.37 Å². The van der Waals surface area contributed by atoms with Crippen LogP contribution >= 0.6 is 35.4 Å². The summed E-state index contributed by atoms with van der Waals surface area (Å²) in [5, 5.41) is 5.48. The minimum Gasteiger partial charge on any atom is -0.323 e. The molecule has 1 N–H and O–H groups in total. The average Bonchev–Trinajstić information content (AvgIpc) is 3.04. The van der Waals surface area contributed by atoms with Crippen LogP contribution in [0.25, 0.3) is 11.3 Å². The molecule has 1 heterocycles. The molecular formula is C17H14ClN3S2. The third-order valence-corrected chi connectivity index (χ3v) is 4.66. The minimum atomic E-state index is 0.627. The molecule has 2 aromatic carbocycles. The summed E-state index contributed by atoms with van der Waals surface area (Å²) in [7, 11) is 1.94. The van der Waals surface area contributed by atoms with E-state index in [0.29, 0.717) is 10.1 Å². The van der Waals surface area contributed by atoms with E-state index in [9.17, 15) is 0 Å². The molecular weight excluding hydrogens is 346 g/mol. The van der Waals surface area contributed by atoms with Crippen LogP contribution in [0.5, 0.6) is 0 Å². The number of thiocarbonyl (C=S) groups is 1. The highest BCUT2D eigenvalue weighted by atomic mass is 35.5. The van der Waals surface area contributed by atoms with Crippen molar-refractivity contribution in [2.45, 2.75) is 0 Å². The number of para-hydroxylation sites is 1. The first-order valence-corrected chi connectivity index (χ1v) is 8.52. The Balaban J connectivity index is 1.71. The van der Waals surface area contributed by atoms with Crippen molar-refractivity contribution in [3.05, 3.63) is 65.7 Å². The lowest BCUT2D eigenvalue weighted by Crippen LogP contribution is -2.30. The van der Waals surface area contributed by atoms with Crippen LogP contribution in [-0.2, 0) is 0 Å². The minimum absolute atomic E-state index is 0.627. The summed E-state index contributed by atoms with van der Waals surface area (Å²) in [5.74, 6) is 0. The van der Waals surface area contributed by atoms with Crippen LogP contribution < -0.4 is 10.2 Å². The van der Waals surface area contributed by atoms with E-state index in [0.717, 1.165) is 21.9 Å². The molecule has 3 rings (SSSR count). The SMILES string of the molecule is CN(C(=S)Nc1cc(-c2ccc(Cl)cc2)ns1)c1ccccc1. The number of aromatic nitrogens is 1. The van der Waals surface area contributed by atoms with Crippen molar-refractivity contribution in [2.24, 2.45) is 0 Å². The maximum atomic E-state index is 5.91. The fraction of sp³-hybridized carbons (Fsp3) is 0.0588. The number of hydrogen-bond acceptors (Lipinski definition) is 3. The Labute approximate surface area is 149 Å². The average molecular weight is 360 g/mol. The Morgan fingerprint density at radius 3 is 2.52 bits per heavy atom. The van der Waals surface area contributed by atoms with Crippen LogP contribution in [0.15, 0.2) is 60.7 Å². The van der Waals surface area contributed by atoms with Crippen molar-refractivity contribution < 1.29 is 0 Å². The molecule has 6 heteroatoms. The fourth-order valence-corrected chi connectivity index (χ4v) is 3.12. The second-order valence-corrected chi connectivity index (χ2v) is 6.54. The number of benzene rings is 2. The smallest absolute Gasteiger partial charge is 0.178 e. The van der Waals surface area contributed by atoms with Gasteiger partial charge in [0.2, 0.25) is 0 Å². The monoisotopic (exact) mass is 359 g/mol. The van der Waals surface area contributed by atoms with Crippen LogP contribution in [0, 0.1) is 0 Å². The van der Waals surface area contributed by atoms with Crippen molar-refractivity contribution in [1.29, 1.82) is 0 Å². The molecule has 0 aliphatic heterocycles. The molecule has 3 nitrogen and oxygen atoms in total. The van der Waals surface area contributed by atoms with Crippen molar-refractivity contribution >= 4 is 51.2 Å². The topological polar surface area (TPSA) is 28.2 Å². The number of rotatable bonds is 3. The van der Waals surface area contributed by atoms with Gasteiger partial charge in [0.05, 0.1) is 5.69 Å². The zero-order valence-electron chi connectivity index (χ0n) is 12.4. The van der Waals surface area contributed by atoms with Gasteiger partial charge >= 0.3 is 0 Å². The number of halogens is 1. The molecule has 0 bridgehead atoms. The van der Waals surface area contributed by atoms with Gasteiger partial charge in [0.1, 0.15) is 5.00 Å². The van der Waals surface area contributed by atoms with Crippen molar-refractivity contribution in [1.82, 2.24) is 4.37 Å². The predicted molar refractivity (Wildman–Crippen MR) is 104 cm³/mol. The number of hydrogen-bond donors (Lipinski definition) is 1. The summed E-state index contributed by atoms with van der Waals surface area (Å²) in [4.78, 5) is 1.93. The van der Waals surface area contributed by atoms with Gasteiger partial charge in [-0.05, 0) is 48.0 Å². The summed E-state index contributed by atoms with van der Waals surface area (Å²) in [6, 6.07) is 19.6. The molecule has 1 aromatic heterocycles. The highest BCUT2D eigenvalue weighted by Crippen LogP contribution is 2.27. The van der Waals surface area contributed by atoms with E-state index in [2.05, 4.69) is 9.69 Å². The summed E-state index contributed by atoms with van der Waals surface area (Å²) in [5.41, 5.74) is 2.97. The molecule has 0 aliphatic rings. The molecule has 0 spiro atoms. The van der Waals surface area contributed by atoms with Gasteiger partial charge in [-0.3, -0.25) is 0 Å². The number of nitrogens with zero attached hydrogens (tertiary/aromatic N) is 2. The lowest BCUT2D eigenvalue weighted by Gasteiger charge is -2.20. The van der Waals surface area contributed by atoms with E-state index in [4.69, 9.17) is 23.8 Å². The zero-order chi connectivity index (χ0) is 16.2. The lowest BCUT2D eigenvalue weighted by atomic mass is 10.1. The molecule has 0 radical (unpaired) electrons. The van der Waals surface area contributed by atoms with E-state index in [1.807, 2.05) is 72.6 Å². The Morgan fingerprint density at radius 1 is 1.13 bits per heavy atom. The van der Waals surface area contributed by atoms with Crippen molar-refractivity contribution in [2.75, 3.05) is 17.3 Å². The zero-order valence-corrected chi connectivity index (χ0v) is 14.8. The largest absolute Gasteiger partial charge is 0.323 e. The van der Waals surface area contributed by atoms with E-state index in [1.54, 1.807) is 0 Å². The molecule has 0 saturated heterocycles. The molecule has 0 amide bonds. The van der Waals surface area contributed by atoms with Crippen LogP contribution in [0.1, 0.15) is 0 Å². The Kier molecular flexibility index (Phi) is 4.91. The third kappa shape index (κ3) is 3.88. The Hall–Kier alpha value is -1.95. The molecule has 0 fully saturated rings. The molecule has 0 atom stereocenters. The third-order valence-electron chi connectivity index (χ3n) is 3.33. The Bertz CT molecular complexity index is 800. The van der Waals surface area contributed by atoms with Crippen LogP contribution in [0.4, 0.5) is 10.7 Å². The maximum absolute atomic E-state index is 5.91. The number of anilines is 2. The maximum Gasteiger partial charge on any atom is 0.178 e. The molecule has 0 saturated carbocycles. The van der Waals surface area contributed by atoms with Gasteiger partial charge in [-0.25, -0.2) is 0 Å². The normalized spacial score (nSPS) is 10.3. The predicted octanol–water partition coefficient (Wildman–Crippen LogP) is 5.30. The van der Waals surface area contributed by atoms with Gasteiger partial charge in [0, 0.05) is 29.4 Å². The molecule has 3 aromatic rings. The van der Waals surface area contributed by atoms with Crippen molar-refractivity contribution in [3.8, 4) is 11.3 Å². The highest BCUT2D eigenvalue weighted by Gasteiger charge is 2.10. The first-order valence-electron chi connectivity index (χ1n) is 6.96. The van der Waals surface area contributed by atoms with E-state index >= 15 is 0 Å². The van der Waals surface area contributed by atoms with Crippen LogP contribution in [-0.4, -0.2) is 16.5 Å². The van der Waals surface area contributed by atoms with Gasteiger partial charge in [-0.15, -0.1) is 0 Å². The summed E-state index contributed by atoms with van der Waals surface area (Å²) in [6.45, 7) is 0. The summed E-state index contributed by atoms with van der Waals surface area (Å²) in [6.07, 6.45) is 0. The second-order valence-electron chi connectivity index (χ2n) is 4.91.